The molecular weight excluding hydrogens is 294 g/mol. The lowest BCUT2D eigenvalue weighted by Gasteiger charge is -2.46. The third-order valence-corrected chi connectivity index (χ3v) is 8.20. The van der Waals surface area contributed by atoms with E-state index in [4.69, 9.17) is 4.74 Å². The van der Waals surface area contributed by atoms with Crippen molar-refractivity contribution in [2.75, 3.05) is 0 Å². The van der Waals surface area contributed by atoms with Gasteiger partial charge in [-0.15, -0.1) is 0 Å². The Balaban J connectivity index is 1.37. The van der Waals surface area contributed by atoms with E-state index in [1.807, 2.05) is 0 Å². The van der Waals surface area contributed by atoms with Crippen molar-refractivity contribution in [1.82, 2.24) is 5.32 Å². The highest BCUT2D eigenvalue weighted by molar-refractivity contribution is 5.05. The quantitative estimate of drug-likeness (QED) is 0.780. The summed E-state index contributed by atoms with van der Waals surface area (Å²) in [5.74, 6) is 4.25. The predicted octanol–water partition coefficient (Wildman–Crippen LogP) is 5.02. The highest BCUT2D eigenvalue weighted by Crippen LogP contribution is 2.50. The standard InChI is InChI=1S/C22H39NO/c1-13(14(2)20-17-10-7-11-19(17)24-20)12-18-15-8-6-9-16(15)21(23-18)22(3,4)5/h13-21,23H,6-12H2,1-5H3. The molecule has 24 heavy (non-hydrogen) atoms. The van der Waals surface area contributed by atoms with Gasteiger partial charge in [0.1, 0.15) is 0 Å². The number of rotatable bonds is 4. The van der Waals surface area contributed by atoms with E-state index in [1.54, 1.807) is 0 Å². The van der Waals surface area contributed by atoms with Crippen molar-refractivity contribution in [3.63, 3.8) is 0 Å². The number of fused-ring (bicyclic) bond motifs is 2. The van der Waals surface area contributed by atoms with Gasteiger partial charge < -0.3 is 10.1 Å². The van der Waals surface area contributed by atoms with Gasteiger partial charge in [-0.05, 0) is 61.2 Å². The van der Waals surface area contributed by atoms with Crippen LogP contribution in [0.25, 0.3) is 0 Å². The number of nitrogens with one attached hydrogen (secondary N) is 1. The average molecular weight is 334 g/mol. The first-order valence-electron chi connectivity index (χ1n) is 10.8. The Morgan fingerprint density at radius 2 is 1.62 bits per heavy atom. The van der Waals surface area contributed by atoms with Crippen molar-refractivity contribution < 1.29 is 4.74 Å². The van der Waals surface area contributed by atoms with Gasteiger partial charge in [-0.1, -0.05) is 47.5 Å². The van der Waals surface area contributed by atoms with E-state index in [-0.39, 0.29) is 0 Å². The molecule has 2 saturated carbocycles. The van der Waals surface area contributed by atoms with Gasteiger partial charge in [0.05, 0.1) is 12.2 Å². The zero-order valence-corrected chi connectivity index (χ0v) is 16.6. The summed E-state index contributed by atoms with van der Waals surface area (Å²) in [6, 6.07) is 1.47. The maximum atomic E-state index is 6.25. The Bertz CT molecular complexity index is 455. The minimum absolute atomic E-state index is 0.394. The van der Waals surface area contributed by atoms with Crippen molar-refractivity contribution in [3.05, 3.63) is 0 Å². The zero-order chi connectivity index (χ0) is 17.1. The van der Waals surface area contributed by atoms with Crippen molar-refractivity contribution in [2.45, 2.75) is 104 Å². The van der Waals surface area contributed by atoms with Gasteiger partial charge in [0, 0.05) is 18.0 Å². The lowest BCUT2D eigenvalue weighted by atomic mass is 9.74. The topological polar surface area (TPSA) is 21.3 Å². The van der Waals surface area contributed by atoms with Crippen molar-refractivity contribution in [3.8, 4) is 0 Å². The predicted molar refractivity (Wildman–Crippen MR) is 99.9 cm³/mol. The van der Waals surface area contributed by atoms with Crippen molar-refractivity contribution in [2.24, 2.45) is 35.0 Å². The van der Waals surface area contributed by atoms with E-state index < -0.39 is 0 Å². The molecule has 0 radical (unpaired) electrons. The maximum Gasteiger partial charge on any atom is 0.0660 e. The molecular formula is C22H39NO. The van der Waals surface area contributed by atoms with Crippen LogP contribution in [0.3, 0.4) is 0 Å². The fourth-order valence-corrected chi connectivity index (χ4v) is 6.71. The van der Waals surface area contributed by atoms with Gasteiger partial charge >= 0.3 is 0 Å². The molecule has 4 aliphatic rings. The molecule has 0 aromatic heterocycles. The summed E-state index contributed by atoms with van der Waals surface area (Å²) in [6.07, 6.45) is 11.1. The second kappa shape index (κ2) is 6.27. The summed E-state index contributed by atoms with van der Waals surface area (Å²) in [7, 11) is 0. The largest absolute Gasteiger partial charge is 0.374 e. The first-order chi connectivity index (χ1) is 11.4. The van der Waals surface area contributed by atoms with Gasteiger partial charge in [-0.2, -0.15) is 0 Å². The van der Waals surface area contributed by atoms with Crippen molar-refractivity contribution in [1.29, 1.82) is 0 Å². The molecule has 2 nitrogen and oxygen atoms in total. The second-order valence-corrected chi connectivity index (χ2v) is 10.7. The van der Waals surface area contributed by atoms with Gasteiger partial charge in [0.25, 0.3) is 0 Å². The fraction of sp³-hybridized carbons (Fsp3) is 1.00. The normalized spacial score (nSPS) is 47.1. The summed E-state index contributed by atoms with van der Waals surface area (Å²) in [5, 5.41) is 4.10. The van der Waals surface area contributed by atoms with E-state index in [0.29, 0.717) is 17.6 Å². The van der Waals surface area contributed by atoms with Crippen LogP contribution < -0.4 is 5.32 Å². The highest BCUT2D eigenvalue weighted by atomic mass is 16.5. The maximum absolute atomic E-state index is 6.25. The van der Waals surface area contributed by atoms with Crippen molar-refractivity contribution >= 4 is 0 Å². The summed E-state index contributed by atoms with van der Waals surface area (Å²) in [4.78, 5) is 0. The molecule has 2 aliphatic carbocycles. The van der Waals surface area contributed by atoms with Crippen LogP contribution in [0.2, 0.25) is 0 Å². The van der Waals surface area contributed by atoms with Crippen LogP contribution in [-0.4, -0.2) is 24.3 Å². The average Bonchev–Trinajstić information content (AvgIpc) is 3.15. The van der Waals surface area contributed by atoms with Crippen LogP contribution in [0.1, 0.15) is 79.6 Å². The number of hydrogen-bond donors (Lipinski definition) is 1. The third kappa shape index (κ3) is 2.86. The Morgan fingerprint density at radius 3 is 2.33 bits per heavy atom. The molecule has 0 aromatic carbocycles. The molecule has 2 saturated heterocycles. The molecule has 0 aromatic rings. The van der Waals surface area contributed by atoms with Gasteiger partial charge in [-0.25, -0.2) is 0 Å². The van der Waals surface area contributed by atoms with Gasteiger partial charge in [-0.3, -0.25) is 0 Å². The Hall–Kier alpha value is -0.0800. The first-order valence-corrected chi connectivity index (χ1v) is 10.8. The Kier molecular flexibility index (Phi) is 4.53. The lowest BCUT2D eigenvalue weighted by molar-refractivity contribution is -0.196. The highest BCUT2D eigenvalue weighted by Gasteiger charge is 2.51. The molecule has 2 heterocycles. The van der Waals surface area contributed by atoms with Crippen LogP contribution in [0, 0.1) is 35.0 Å². The zero-order valence-electron chi connectivity index (χ0n) is 16.6. The van der Waals surface area contributed by atoms with E-state index in [1.165, 1.54) is 44.9 Å². The summed E-state index contributed by atoms with van der Waals surface area (Å²) in [5.41, 5.74) is 0.394. The molecule has 4 rings (SSSR count). The van der Waals surface area contributed by atoms with Crippen LogP contribution in [0.4, 0.5) is 0 Å². The smallest absolute Gasteiger partial charge is 0.0660 e. The lowest BCUT2D eigenvalue weighted by Crippen LogP contribution is -2.51. The van der Waals surface area contributed by atoms with Crippen LogP contribution in [-0.2, 0) is 4.74 Å². The molecule has 138 valence electrons. The number of hydrogen-bond acceptors (Lipinski definition) is 2. The first kappa shape index (κ1) is 17.3. The van der Waals surface area contributed by atoms with Crippen LogP contribution in [0.15, 0.2) is 0 Å². The van der Waals surface area contributed by atoms with Gasteiger partial charge in [0.2, 0.25) is 0 Å². The molecule has 0 spiro atoms. The summed E-state index contributed by atoms with van der Waals surface area (Å²) in [6.45, 7) is 12.2. The van der Waals surface area contributed by atoms with E-state index in [0.717, 1.165) is 41.7 Å². The fourth-order valence-electron chi connectivity index (χ4n) is 6.71. The molecule has 4 fully saturated rings. The molecule has 0 bridgehead atoms. The van der Waals surface area contributed by atoms with Gasteiger partial charge in [0.15, 0.2) is 0 Å². The minimum Gasteiger partial charge on any atom is -0.374 e. The Morgan fingerprint density at radius 1 is 0.958 bits per heavy atom. The number of ether oxygens (including phenoxy) is 1. The van der Waals surface area contributed by atoms with E-state index in [2.05, 4.69) is 39.9 Å². The molecule has 9 unspecified atom stereocenters. The van der Waals surface area contributed by atoms with Crippen LogP contribution >= 0.6 is 0 Å². The monoisotopic (exact) mass is 333 g/mol. The SMILES string of the molecule is CC(CC1NC(C(C)(C)C)C2CCCC12)C(C)C1OC2CCCC21. The Labute approximate surface area is 149 Å². The molecule has 2 aliphatic heterocycles. The second-order valence-electron chi connectivity index (χ2n) is 10.7. The van der Waals surface area contributed by atoms with E-state index in [9.17, 15) is 0 Å². The van der Waals surface area contributed by atoms with Crippen LogP contribution in [0.5, 0.6) is 0 Å². The molecule has 2 heteroatoms. The summed E-state index contributed by atoms with van der Waals surface area (Å²) < 4.78 is 6.25. The third-order valence-electron chi connectivity index (χ3n) is 8.20. The molecule has 1 N–H and O–H groups in total. The molecule has 0 amide bonds. The minimum atomic E-state index is 0.394. The summed E-state index contributed by atoms with van der Waals surface area (Å²) >= 11 is 0. The molecule has 9 atom stereocenters. The van der Waals surface area contributed by atoms with E-state index >= 15 is 0 Å².